The van der Waals surface area contributed by atoms with Gasteiger partial charge in [0.2, 0.25) is 5.16 Å². The summed E-state index contributed by atoms with van der Waals surface area (Å²) in [5, 5.41) is 12.7. The van der Waals surface area contributed by atoms with Crippen LogP contribution in [0.3, 0.4) is 0 Å². The number of nitrogens with two attached hydrogens (primary N) is 1. The SMILES string of the molecule is COc1ccc(CN)c(Sc2nnnn2C2CC2)c1. The summed E-state index contributed by atoms with van der Waals surface area (Å²) in [7, 11) is 1.65. The van der Waals surface area contributed by atoms with E-state index in [0.717, 1.165) is 34.2 Å². The van der Waals surface area contributed by atoms with Crippen LogP contribution in [0.25, 0.3) is 0 Å². The number of aromatic nitrogens is 4. The van der Waals surface area contributed by atoms with Crippen molar-refractivity contribution in [2.45, 2.75) is 35.5 Å². The second-order valence-electron chi connectivity index (χ2n) is 4.42. The molecule has 1 aromatic carbocycles. The molecule has 0 amide bonds. The van der Waals surface area contributed by atoms with Crippen molar-refractivity contribution >= 4 is 11.8 Å². The molecule has 19 heavy (non-hydrogen) atoms. The molecule has 0 saturated heterocycles. The summed E-state index contributed by atoms with van der Waals surface area (Å²) in [5.74, 6) is 0.810. The third-order valence-electron chi connectivity index (χ3n) is 3.05. The van der Waals surface area contributed by atoms with Crippen LogP contribution < -0.4 is 10.5 Å². The lowest BCUT2D eigenvalue weighted by atomic mass is 10.2. The van der Waals surface area contributed by atoms with Crippen molar-refractivity contribution in [3.8, 4) is 5.75 Å². The molecule has 0 atom stereocenters. The van der Waals surface area contributed by atoms with Gasteiger partial charge in [0.15, 0.2) is 0 Å². The molecular weight excluding hydrogens is 262 g/mol. The summed E-state index contributed by atoms with van der Waals surface area (Å²) in [5.41, 5.74) is 6.83. The van der Waals surface area contributed by atoms with Crippen molar-refractivity contribution in [1.29, 1.82) is 0 Å². The van der Waals surface area contributed by atoms with Crippen LogP contribution >= 0.6 is 11.8 Å². The fourth-order valence-electron chi connectivity index (χ4n) is 1.82. The van der Waals surface area contributed by atoms with E-state index < -0.39 is 0 Å². The number of rotatable bonds is 5. The van der Waals surface area contributed by atoms with E-state index in [0.29, 0.717) is 12.6 Å². The van der Waals surface area contributed by atoms with Gasteiger partial charge in [0, 0.05) is 11.4 Å². The lowest BCUT2D eigenvalue weighted by Crippen LogP contribution is -2.01. The number of benzene rings is 1. The third-order valence-corrected chi connectivity index (χ3v) is 4.10. The van der Waals surface area contributed by atoms with Gasteiger partial charge < -0.3 is 10.5 Å². The molecule has 100 valence electrons. The van der Waals surface area contributed by atoms with E-state index in [1.54, 1.807) is 7.11 Å². The predicted molar refractivity (Wildman–Crippen MR) is 71.1 cm³/mol. The Bertz CT molecular complexity index is 581. The van der Waals surface area contributed by atoms with E-state index in [-0.39, 0.29) is 0 Å². The van der Waals surface area contributed by atoms with Gasteiger partial charge in [-0.3, -0.25) is 0 Å². The molecule has 2 aromatic rings. The number of hydrogen-bond acceptors (Lipinski definition) is 6. The van der Waals surface area contributed by atoms with Crippen LogP contribution in [0.15, 0.2) is 28.3 Å². The second kappa shape index (κ2) is 5.18. The maximum Gasteiger partial charge on any atom is 0.214 e. The van der Waals surface area contributed by atoms with Gasteiger partial charge in [0.05, 0.1) is 13.2 Å². The lowest BCUT2D eigenvalue weighted by Gasteiger charge is -2.09. The molecule has 7 heteroatoms. The summed E-state index contributed by atoms with van der Waals surface area (Å²) in [4.78, 5) is 1.04. The number of methoxy groups -OCH3 is 1. The average molecular weight is 277 g/mol. The summed E-state index contributed by atoms with van der Waals surface area (Å²) in [6, 6.07) is 6.32. The van der Waals surface area contributed by atoms with Gasteiger partial charge in [0.1, 0.15) is 5.75 Å². The van der Waals surface area contributed by atoms with Crippen molar-refractivity contribution in [3.05, 3.63) is 23.8 Å². The Kier molecular flexibility index (Phi) is 3.39. The van der Waals surface area contributed by atoms with Crippen LogP contribution in [0.4, 0.5) is 0 Å². The smallest absolute Gasteiger partial charge is 0.214 e. The molecule has 1 aliphatic carbocycles. The van der Waals surface area contributed by atoms with Crippen molar-refractivity contribution in [1.82, 2.24) is 20.2 Å². The molecule has 0 spiro atoms. The van der Waals surface area contributed by atoms with Gasteiger partial charge in [-0.25, -0.2) is 4.68 Å². The summed E-state index contributed by atoms with van der Waals surface area (Å²) in [6.45, 7) is 0.483. The van der Waals surface area contributed by atoms with Crippen molar-refractivity contribution in [3.63, 3.8) is 0 Å². The van der Waals surface area contributed by atoms with Crippen LogP contribution in [0.2, 0.25) is 0 Å². The van der Waals surface area contributed by atoms with Crippen molar-refractivity contribution < 1.29 is 4.74 Å². The molecule has 1 aliphatic rings. The average Bonchev–Trinajstić information content (AvgIpc) is 3.19. The van der Waals surface area contributed by atoms with Gasteiger partial charge in [-0.1, -0.05) is 6.07 Å². The summed E-state index contributed by atoms with van der Waals surface area (Å²) < 4.78 is 7.14. The number of ether oxygens (including phenoxy) is 1. The fourth-order valence-corrected chi connectivity index (χ4v) is 2.84. The Morgan fingerprint density at radius 1 is 1.47 bits per heavy atom. The Morgan fingerprint density at radius 2 is 2.32 bits per heavy atom. The molecule has 6 nitrogen and oxygen atoms in total. The predicted octanol–water partition coefficient (Wildman–Crippen LogP) is 1.63. The highest BCUT2D eigenvalue weighted by Gasteiger charge is 2.28. The second-order valence-corrected chi connectivity index (χ2v) is 5.43. The minimum Gasteiger partial charge on any atom is -0.497 e. The largest absolute Gasteiger partial charge is 0.497 e. The lowest BCUT2D eigenvalue weighted by molar-refractivity contribution is 0.413. The first-order valence-electron chi connectivity index (χ1n) is 6.14. The van der Waals surface area contributed by atoms with Gasteiger partial charge >= 0.3 is 0 Å². The molecule has 0 bridgehead atoms. The highest BCUT2D eigenvalue weighted by molar-refractivity contribution is 7.99. The number of hydrogen-bond donors (Lipinski definition) is 1. The molecular formula is C12H15N5OS. The monoisotopic (exact) mass is 277 g/mol. The molecule has 1 aromatic heterocycles. The molecule has 1 fully saturated rings. The zero-order valence-electron chi connectivity index (χ0n) is 10.6. The molecule has 3 rings (SSSR count). The Labute approximate surface area is 115 Å². The quantitative estimate of drug-likeness (QED) is 0.894. The van der Waals surface area contributed by atoms with E-state index >= 15 is 0 Å². The van der Waals surface area contributed by atoms with Crippen LogP contribution in [-0.4, -0.2) is 27.3 Å². The number of tetrazole rings is 1. The summed E-state index contributed by atoms with van der Waals surface area (Å²) >= 11 is 1.54. The zero-order valence-corrected chi connectivity index (χ0v) is 11.4. The normalized spacial score (nSPS) is 14.6. The Morgan fingerprint density at radius 3 is 3.00 bits per heavy atom. The third kappa shape index (κ3) is 2.57. The van der Waals surface area contributed by atoms with Crippen LogP contribution in [0.1, 0.15) is 24.4 Å². The molecule has 2 N–H and O–H groups in total. The van der Waals surface area contributed by atoms with E-state index in [9.17, 15) is 0 Å². The highest BCUT2D eigenvalue weighted by atomic mass is 32.2. The molecule has 0 unspecified atom stereocenters. The molecule has 1 saturated carbocycles. The molecule has 0 radical (unpaired) electrons. The minimum absolute atomic E-state index is 0.462. The topological polar surface area (TPSA) is 78.8 Å². The van der Waals surface area contributed by atoms with Gasteiger partial charge in [-0.15, -0.1) is 5.10 Å². The minimum atomic E-state index is 0.462. The van der Waals surface area contributed by atoms with Gasteiger partial charge in [-0.05, 0) is 52.7 Å². The van der Waals surface area contributed by atoms with E-state index in [1.807, 2.05) is 22.9 Å². The highest BCUT2D eigenvalue weighted by Crippen LogP contribution is 2.39. The standard InChI is InChI=1S/C12H15N5OS/c1-18-10-5-2-8(7-13)11(6-10)19-12-14-15-16-17(12)9-3-4-9/h2,5-6,9H,3-4,7,13H2,1H3. The Hall–Kier alpha value is -1.60. The van der Waals surface area contributed by atoms with E-state index in [4.69, 9.17) is 10.5 Å². The Balaban J connectivity index is 1.90. The van der Waals surface area contributed by atoms with E-state index in [2.05, 4.69) is 15.5 Å². The van der Waals surface area contributed by atoms with Crippen LogP contribution in [0, 0.1) is 0 Å². The van der Waals surface area contributed by atoms with E-state index in [1.165, 1.54) is 11.8 Å². The first-order chi connectivity index (χ1) is 9.31. The maximum absolute atomic E-state index is 5.77. The van der Waals surface area contributed by atoms with Gasteiger partial charge in [-0.2, -0.15) is 0 Å². The first kappa shape index (κ1) is 12.4. The zero-order chi connectivity index (χ0) is 13.2. The van der Waals surface area contributed by atoms with Gasteiger partial charge in [0.25, 0.3) is 0 Å². The number of nitrogens with zero attached hydrogens (tertiary/aromatic N) is 4. The first-order valence-corrected chi connectivity index (χ1v) is 6.96. The maximum atomic E-state index is 5.77. The fraction of sp³-hybridized carbons (Fsp3) is 0.417. The van der Waals surface area contributed by atoms with Crippen LogP contribution in [0.5, 0.6) is 5.75 Å². The summed E-state index contributed by atoms with van der Waals surface area (Å²) in [6.07, 6.45) is 2.31. The molecule has 1 heterocycles. The van der Waals surface area contributed by atoms with Crippen molar-refractivity contribution in [2.24, 2.45) is 5.73 Å². The van der Waals surface area contributed by atoms with Crippen LogP contribution in [-0.2, 0) is 6.54 Å². The molecule has 0 aliphatic heterocycles. The van der Waals surface area contributed by atoms with Crippen molar-refractivity contribution in [2.75, 3.05) is 7.11 Å².